The molecule has 4 N–H and O–H groups in total. The third-order valence-corrected chi connectivity index (χ3v) is 8.28. The second-order valence-electron chi connectivity index (χ2n) is 9.80. The molecule has 0 aromatic heterocycles. The van der Waals surface area contributed by atoms with Gasteiger partial charge in [0, 0.05) is 30.7 Å². The van der Waals surface area contributed by atoms with Crippen LogP contribution < -0.4 is 5.73 Å². The van der Waals surface area contributed by atoms with E-state index in [0.717, 1.165) is 34.6 Å². The lowest BCUT2D eigenvalue weighted by Gasteiger charge is -2.66. The summed E-state index contributed by atoms with van der Waals surface area (Å²) in [6.45, 7) is 1.86. The number of rotatable bonds is 3. The van der Waals surface area contributed by atoms with E-state index in [0.29, 0.717) is 24.8 Å². The molecule has 0 spiro atoms. The number of hydrogen-bond acceptors (Lipinski definition) is 4. The fourth-order valence-corrected chi connectivity index (χ4v) is 6.65. The molecule has 5 atom stereocenters. The minimum atomic E-state index is -1.24. The second kappa shape index (κ2) is 5.65. The highest BCUT2D eigenvalue weighted by atomic mass is 16.3. The average Bonchev–Trinajstić information content (AvgIpc) is 3.46. The van der Waals surface area contributed by atoms with Gasteiger partial charge in [-0.1, -0.05) is 6.07 Å². The number of fused-ring (bicyclic) bond motifs is 1. The van der Waals surface area contributed by atoms with Crippen molar-refractivity contribution in [3.63, 3.8) is 0 Å². The number of primary amides is 1. The summed E-state index contributed by atoms with van der Waals surface area (Å²) in [5.74, 6) is -0.0272. The zero-order valence-electron chi connectivity index (χ0n) is 16.4. The highest BCUT2D eigenvalue weighted by molar-refractivity contribution is 5.93. The molecule has 6 heteroatoms. The number of hydrogen-bond donors (Lipinski definition) is 3. The van der Waals surface area contributed by atoms with Gasteiger partial charge in [-0.2, -0.15) is 0 Å². The monoisotopic (exact) mass is 385 g/mol. The molecule has 1 amide bonds. The van der Waals surface area contributed by atoms with Crippen molar-refractivity contribution in [2.24, 2.45) is 11.7 Å². The number of aliphatic hydroxyl groups is 2. The minimum absolute atomic E-state index is 0.0588. The minimum Gasteiger partial charge on any atom is -0.384 e. The average molecular weight is 385 g/mol. The molecule has 6 nitrogen and oxygen atoms in total. The van der Waals surface area contributed by atoms with Gasteiger partial charge in [-0.15, -0.1) is 0 Å². The normalized spacial score (nSPS) is 41.9. The first kappa shape index (κ1) is 18.3. The molecular weight excluding hydrogens is 356 g/mol. The lowest BCUT2D eigenvalue weighted by Crippen LogP contribution is -2.81. The summed E-state index contributed by atoms with van der Waals surface area (Å²) in [5.41, 5.74) is 5.43. The van der Waals surface area contributed by atoms with Gasteiger partial charge in [0.15, 0.2) is 5.78 Å². The molecule has 28 heavy (non-hydrogen) atoms. The van der Waals surface area contributed by atoms with Crippen LogP contribution in [0.5, 0.6) is 0 Å². The Hall–Kier alpha value is -1.76. The number of nitrogens with zero attached hydrogens (tertiary/aromatic N) is 1. The predicted molar refractivity (Wildman–Crippen MR) is 103 cm³/mol. The fraction of sp³-hybridized carbons (Fsp3) is 0.636. The molecule has 0 radical (unpaired) electrons. The first-order valence-corrected chi connectivity index (χ1v) is 10.4. The van der Waals surface area contributed by atoms with Gasteiger partial charge in [0.1, 0.15) is 17.7 Å². The molecule has 4 aliphatic rings. The van der Waals surface area contributed by atoms with Gasteiger partial charge in [0.05, 0.1) is 25.6 Å². The molecule has 150 valence electrons. The van der Waals surface area contributed by atoms with E-state index in [-0.39, 0.29) is 18.2 Å². The number of carbonyl (C=O) groups is 2. The van der Waals surface area contributed by atoms with Crippen molar-refractivity contribution in [2.45, 2.75) is 61.7 Å². The molecule has 3 fully saturated rings. The maximum absolute atomic E-state index is 12.6. The van der Waals surface area contributed by atoms with Gasteiger partial charge in [0.2, 0.25) is 5.91 Å². The number of likely N-dealkylation sites (N-methyl/N-ethyl adjacent to an activating group) is 1. The van der Waals surface area contributed by atoms with Crippen molar-refractivity contribution in [3.05, 3.63) is 34.9 Å². The Bertz CT molecular complexity index is 881. The first-order valence-electron chi connectivity index (χ1n) is 10.4. The molecule has 1 aromatic rings. The number of Topliss-reactive ketones (excluding diaryl/α,β-unsaturated/α-hetero) is 1. The van der Waals surface area contributed by atoms with Crippen LogP contribution in [0.2, 0.25) is 0 Å². The molecule has 1 aromatic carbocycles. The van der Waals surface area contributed by atoms with Crippen LogP contribution in [-0.2, 0) is 16.6 Å². The summed E-state index contributed by atoms with van der Waals surface area (Å²) in [7, 11) is 2.23. The van der Waals surface area contributed by atoms with Crippen molar-refractivity contribution in [2.75, 3.05) is 20.1 Å². The molecule has 2 bridgehead atoms. The number of piperidine rings is 1. The Morgan fingerprint density at radius 2 is 2.07 bits per heavy atom. The number of ketones is 1. The Balaban J connectivity index is 1.72. The van der Waals surface area contributed by atoms with Crippen LogP contribution in [0.15, 0.2) is 18.2 Å². The van der Waals surface area contributed by atoms with Gasteiger partial charge in [-0.25, -0.2) is 0 Å². The molecule has 2 saturated carbocycles. The number of amides is 1. The topological polar surface area (TPSA) is 101 Å². The smallest absolute Gasteiger partial charge is 0.248 e. The molecule has 5 rings (SSSR count). The van der Waals surface area contributed by atoms with Crippen molar-refractivity contribution in [1.29, 1.82) is 0 Å². The zero-order chi connectivity index (χ0) is 19.9. The van der Waals surface area contributed by atoms with E-state index < -0.39 is 23.0 Å². The summed E-state index contributed by atoms with van der Waals surface area (Å²) >= 11 is 0. The summed E-state index contributed by atoms with van der Waals surface area (Å²) in [4.78, 5) is 24.4. The highest BCUT2D eigenvalue weighted by Gasteiger charge is 2.72. The largest absolute Gasteiger partial charge is 0.384 e. The van der Waals surface area contributed by atoms with Gasteiger partial charge < -0.3 is 20.4 Å². The van der Waals surface area contributed by atoms with Crippen molar-refractivity contribution >= 4 is 11.7 Å². The van der Waals surface area contributed by atoms with E-state index >= 15 is 0 Å². The fourth-order valence-electron chi connectivity index (χ4n) is 6.65. The molecule has 3 aliphatic carbocycles. The number of quaternary nitrogens is 1. The Morgan fingerprint density at radius 1 is 1.32 bits per heavy atom. The van der Waals surface area contributed by atoms with Crippen LogP contribution in [0.25, 0.3) is 0 Å². The van der Waals surface area contributed by atoms with E-state index in [1.807, 2.05) is 6.07 Å². The summed E-state index contributed by atoms with van der Waals surface area (Å²) in [5, 5.41) is 23.3. The lowest BCUT2D eigenvalue weighted by molar-refractivity contribution is -0.950. The van der Waals surface area contributed by atoms with Gasteiger partial charge in [-0.3, -0.25) is 9.59 Å². The third kappa shape index (κ3) is 2.19. The third-order valence-electron chi connectivity index (χ3n) is 8.28. The van der Waals surface area contributed by atoms with E-state index in [9.17, 15) is 19.8 Å². The Labute approximate surface area is 164 Å². The van der Waals surface area contributed by atoms with Gasteiger partial charge >= 0.3 is 0 Å². The number of carbonyl (C=O) groups excluding carboxylic acids is 2. The van der Waals surface area contributed by atoms with Crippen LogP contribution in [0, 0.1) is 5.92 Å². The molecule has 1 saturated heterocycles. The second-order valence-corrected chi connectivity index (χ2v) is 9.80. The number of likely N-dealkylation sites (tertiary alicyclic amines) is 1. The molecule has 1 aliphatic heterocycles. The molecular formula is C22H29N2O4+. The van der Waals surface area contributed by atoms with Crippen LogP contribution >= 0.6 is 0 Å². The lowest BCUT2D eigenvalue weighted by atomic mass is 9.47. The molecule has 1 unspecified atom stereocenters. The van der Waals surface area contributed by atoms with E-state index in [4.69, 9.17) is 5.73 Å². The van der Waals surface area contributed by atoms with Gasteiger partial charge in [-0.05, 0) is 42.5 Å². The maximum Gasteiger partial charge on any atom is 0.248 e. The zero-order valence-corrected chi connectivity index (χ0v) is 16.4. The van der Waals surface area contributed by atoms with E-state index in [2.05, 4.69) is 7.05 Å². The van der Waals surface area contributed by atoms with Crippen LogP contribution in [0.1, 0.15) is 53.6 Å². The van der Waals surface area contributed by atoms with Crippen molar-refractivity contribution in [1.82, 2.24) is 0 Å². The summed E-state index contributed by atoms with van der Waals surface area (Å²) in [6, 6.07) is 5.29. The predicted octanol–water partition coefficient (Wildman–Crippen LogP) is 0.663. The number of benzene rings is 1. The van der Waals surface area contributed by atoms with Gasteiger partial charge in [0.25, 0.3) is 0 Å². The standard InChI is InChI=1S/C22H28N2O4/c1-24(12-13-2-3-13)9-8-21-16-10-15(20(23)27)5-4-14(16)11-18(24)22(21,28)7-6-17(25)19(21)26/h4-5,10,13,18-19,26,28H,2-3,6-9,11-12H2,1H3,(H-,23,27)/p+1/t18-,19+,21+,22-,24?/m1/s1. The Morgan fingerprint density at radius 3 is 2.75 bits per heavy atom. The van der Waals surface area contributed by atoms with E-state index in [1.165, 1.54) is 12.8 Å². The van der Waals surface area contributed by atoms with Crippen LogP contribution in [0.3, 0.4) is 0 Å². The molecule has 1 heterocycles. The van der Waals surface area contributed by atoms with Crippen LogP contribution in [0.4, 0.5) is 0 Å². The summed E-state index contributed by atoms with van der Waals surface area (Å²) in [6.07, 6.45) is 3.05. The van der Waals surface area contributed by atoms with E-state index in [1.54, 1.807) is 12.1 Å². The maximum atomic E-state index is 12.6. The van der Waals surface area contributed by atoms with Crippen LogP contribution in [-0.4, -0.2) is 64.3 Å². The highest BCUT2D eigenvalue weighted by Crippen LogP contribution is 2.59. The SMILES string of the molecule is C[N+]1(CC2CC2)CC[C@@]23c4cc(C(N)=O)ccc4C[C@@H]1[C@]2(O)CCC(=O)[C@@H]3O. The number of nitrogens with two attached hydrogens (primary N) is 1. The quantitative estimate of drug-likeness (QED) is 0.666. The van der Waals surface area contributed by atoms with Crippen molar-refractivity contribution in [3.8, 4) is 0 Å². The summed E-state index contributed by atoms with van der Waals surface area (Å²) < 4.78 is 0.792. The Kier molecular flexibility index (Phi) is 3.69. The number of aliphatic hydroxyl groups excluding tert-OH is 1. The first-order chi connectivity index (χ1) is 13.2. The van der Waals surface area contributed by atoms with Crippen molar-refractivity contribution < 1.29 is 24.3 Å².